The zero-order valence-corrected chi connectivity index (χ0v) is 9.29. The molecule has 1 aliphatic rings. The monoisotopic (exact) mass is 200 g/mol. The van der Waals surface area contributed by atoms with Gasteiger partial charge in [0.15, 0.2) is 0 Å². The Kier molecular flexibility index (Phi) is 2.72. The van der Waals surface area contributed by atoms with E-state index in [-0.39, 0.29) is 0 Å². The number of aryl methyl sites for hydroxylation is 2. The molecule has 78 valence electrons. The van der Waals surface area contributed by atoms with Crippen molar-refractivity contribution in [1.82, 2.24) is 0 Å². The highest BCUT2D eigenvalue weighted by atomic mass is 16.1. The Labute approximate surface area is 90.8 Å². The van der Waals surface area contributed by atoms with E-state index in [1.165, 1.54) is 35.1 Å². The van der Waals surface area contributed by atoms with E-state index in [9.17, 15) is 4.79 Å². The van der Waals surface area contributed by atoms with Gasteiger partial charge in [0.05, 0.1) is 0 Å². The van der Waals surface area contributed by atoms with Crippen LogP contribution in [0.5, 0.6) is 0 Å². The largest absolute Gasteiger partial charge is 0.299 e. The SMILES string of the molecule is Cc1cc2c(cc1C=CC=O)C(C)CC2. The molecule has 0 N–H and O–H groups in total. The van der Waals surface area contributed by atoms with E-state index < -0.39 is 0 Å². The average molecular weight is 200 g/mol. The van der Waals surface area contributed by atoms with Crippen molar-refractivity contribution in [3.63, 3.8) is 0 Å². The van der Waals surface area contributed by atoms with Crippen LogP contribution in [0.1, 0.15) is 41.5 Å². The van der Waals surface area contributed by atoms with Crippen molar-refractivity contribution >= 4 is 12.4 Å². The lowest BCUT2D eigenvalue weighted by atomic mass is 9.97. The predicted octanol–water partition coefficient (Wildman–Crippen LogP) is 3.26. The van der Waals surface area contributed by atoms with Crippen molar-refractivity contribution in [3.8, 4) is 0 Å². The number of hydrogen-bond acceptors (Lipinski definition) is 1. The van der Waals surface area contributed by atoms with Gasteiger partial charge in [-0.05, 0) is 54.0 Å². The fourth-order valence-electron chi connectivity index (χ4n) is 2.33. The Morgan fingerprint density at radius 1 is 1.40 bits per heavy atom. The summed E-state index contributed by atoms with van der Waals surface area (Å²) in [6, 6.07) is 4.51. The molecule has 1 heteroatoms. The molecule has 1 aromatic rings. The standard InChI is InChI=1S/C14H16O/c1-10-5-6-13-8-11(2)12(4-3-7-15)9-14(10)13/h3-4,7-10H,5-6H2,1-2H3. The maximum absolute atomic E-state index is 10.3. The Morgan fingerprint density at radius 3 is 2.93 bits per heavy atom. The lowest BCUT2D eigenvalue weighted by Crippen LogP contribution is -1.90. The van der Waals surface area contributed by atoms with Gasteiger partial charge in [0.25, 0.3) is 0 Å². The summed E-state index contributed by atoms with van der Waals surface area (Å²) < 4.78 is 0. The number of allylic oxidation sites excluding steroid dienone is 1. The van der Waals surface area contributed by atoms with Crippen LogP contribution >= 0.6 is 0 Å². The molecule has 1 unspecified atom stereocenters. The number of rotatable bonds is 2. The number of aldehydes is 1. The zero-order valence-electron chi connectivity index (χ0n) is 9.29. The first-order valence-corrected chi connectivity index (χ1v) is 5.47. The van der Waals surface area contributed by atoms with Crippen LogP contribution in [0, 0.1) is 6.92 Å². The van der Waals surface area contributed by atoms with Crippen molar-refractivity contribution in [2.24, 2.45) is 0 Å². The summed E-state index contributed by atoms with van der Waals surface area (Å²) in [5.41, 5.74) is 5.39. The average Bonchev–Trinajstić information content (AvgIpc) is 2.57. The lowest BCUT2D eigenvalue weighted by molar-refractivity contribution is -0.104. The zero-order chi connectivity index (χ0) is 10.8. The lowest BCUT2D eigenvalue weighted by Gasteiger charge is -2.08. The van der Waals surface area contributed by atoms with Crippen LogP contribution in [0.15, 0.2) is 18.2 Å². The van der Waals surface area contributed by atoms with Crippen molar-refractivity contribution in [2.75, 3.05) is 0 Å². The molecule has 0 spiro atoms. The molecule has 1 atom stereocenters. The normalized spacial score (nSPS) is 19.5. The Morgan fingerprint density at radius 2 is 2.20 bits per heavy atom. The van der Waals surface area contributed by atoms with Crippen molar-refractivity contribution in [2.45, 2.75) is 32.6 Å². The molecule has 0 fully saturated rings. The second kappa shape index (κ2) is 4.01. The fourth-order valence-corrected chi connectivity index (χ4v) is 2.33. The van der Waals surface area contributed by atoms with Crippen LogP contribution in [0.25, 0.3) is 6.08 Å². The van der Waals surface area contributed by atoms with E-state index >= 15 is 0 Å². The fraction of sp³-hybridized carbons (Fsp3) is 0.357. The molecule has 0 saturated heterocycles. The predicted molar refractivity (Wildman–Crippen MR) is 63.0 cm³/mol. The maximum atomic E-state index is 10.3. The first-order valence-electron chi connectivity index (χ1n) is 5.47. The third-order valence-corrected chi connectivity index (χ3v) is 3.26. The second-order valence-corrected chi connectivity index (χ2v) is 4.34. The van der Waals surface area contributed by atoms with Crippen LogP contribution in [0.2, 0.25) is 0 Å². The van der Waals surface area contributed by atoms with Crippen molar-refractivity contribution in [1.29, 1.82) is 0 Å². The van der Waals surface area contributed by atoms with Crippen LogP contribution < -0.4 is 0 Å². The topological polar surface area (TPSA) is 17.1 Å². The first-order chi connectivity index (χ1) is 7.22. The maximum Gasteiger partial charge on any atom is 0.142 e. The smallest absolute Gasteiger partial charge is 0.142 e. The number of hydrogen-bond donors (Lipinski definition) is 0. The number of carbonyl (C=O) groups is 1. The summed E-state index contributed by atoms with van der Waals surface area (Å²) >= 11 is 0. The second-order valence-electron chi connectivity index (χ2n) is 4.34. The van der Waals surface area contributed by atoms with Crippen LogP contribution in [-0.2, 0) is 11.2 Å². The minimum atomic E-state index is 0.670. The third-order valence-electron chi connectivity index (χ3n) is 3.26. The first kappa shape index (κ1) is 10.2. The summed E-state index contributed by atoms with van der Waals surface area (Å²) in [5.74, 6) is 0.670. The van der Waals surface area contributed by atoms with E-state index in [1.807, 2.05) is 6.08 Å². The molecule has 2 rings (SSSR count). The summed E-state index contributed by atoms with van der Waals surface area (Å²) in [6.07, 6.45) is 6.75. The molecule has 1 aromatic carbocycles. The van der Waals surface area contributed by atoms with E-state index in [1.54, 1.807) is 6.08 Å². The van der Waals surface area contributed by atoms with Gasteiger partial charge in [0, 0.05) is 0 Å². The van der Waals surface area contributed by atoms with Gasteiger partial charge in [-0.25, -0.2) is 0 Å². The molecule has 1 aliphatic carbocycles. The van der Waals surface area contributed by atoms with Gasteiger partial charge in [-0.15, -0.1) is 0 Å². The molecular formula is C14H16O. The Bertz CT molecular complexity index is 416. The van der Waals surface area contributed by atoms with Gasteiger partial charge in [-0.1, -0.05) is 25.1 Å². The summed E-state index contributed by atoms with van der Waals surface area (Å²) in [4.78, 5) is 10.3. The van der Waals surface area contributed by atoms with E-state index in [4.69, 9.17) is 0 Å². The number of carbonyl (C=O) groups excluding carboxylic acids is 1. The van der Waals surface area contributed by atoms with Crippen molar-refractivity contribution < 1.29 is 4.79 Å². The van der Waals surface area contributed by atoms with E-state index in [0.717, 1.165) is 6.29 Å². The Balaban J connectivity index is 2.45. The molecule has 0 saturated carbocycles. The molecule has 0 aliphatic heterocycles. The molecule has 0 heterocycles. The van der Waals surface area contributed by atoms with Gasteiger partial charge >= 0.3 is 0 Å². The minimum absolute atomic E-state index is 0.670. The highest BCUT2D eigenvalue weighted by Crippen LogP contribution is 2.34. The van der Waals surface area contributed by atoms with Crippen LogP contribution in [-0.4, -0.2) is 6.29 Å². The highest BCUT2D eigenvalue weighted by molar-refractivity contribution is 5.75. The quantitative estimate of drug-likeness (QED) is 0.529. The molecular weight excluding hydrogens is 184 g/mol. The van der Waals surface area contributed by atoms with Gasteiger partial charge in [0.1, 0.15) is 6.29 Å². The van der Waals surface area contributed by atoms with Gasteiger partial charge < -0.3 is 0 Å². The Hall–Kier alpha value is -1.37. The van der Waals surface area contributed by atoms with Gasteiger partial charge in [-0.3, -0.25) is 4.79 Å². The van der Waals surface area contributed by atoms with Crippen molar-refractivity contribution in [3.05, 3.63) is 40.5 Å². The number of fused-ring (bicyclic) bond motifs is 1. The summed E-state index contributed by atoms with van der Waals surface area (Å²) in [6.45, 7) is 4.38. The number of benzene rings is 1. The van der Waals surface area contributed by atoms with Crippen LogP contribution in [0.3, 0.4) is 0 Å². The molecule has 0 bridgehead atoms. The molecule has 15 heavy (non-hydrogen) atoms. The summed E-state index contributed by atoms with van der Waals surface area (Å²) in [7, 11) is 0. The molecule has 0 amide bonds. The van der Waals surface area contributed by atoms with E-state index in [0.29, 0.717) is 5.92 Å². The van der Waals surface area contributed by atoms with Crippen LogP contribution in [0.4, 0.5) is 0 Å². The summed E-state index contributed by atoms with van der Waals surface area (Å²) in [5, 5.41) is 0. The highest BCUT2D eigenvalue weighted by Gasteiger charge is 2.18. The van der Waals surface area contributed by atoms with Gasteiger partial charge in [-0.2, -0.15) is 0 Å². The minimum Gasteiger partial charge on any atom is -0.299 e. The van der Waals surface area contributed by atoms with E-state index in [2.05, 4.69) is 26.0 Å². The molecule has 0 radical (unpaired) electrons. The van der Waals surface area contributed by atoms with Gasteiger partial charge in [0.2, 0.25) is 0 Å². The molecule has 1 nitrogen and oxygen atoms in total. The third kappa shape index (κ3) is 1.87. The molecule has 0 aromatic heterocycles.